The van der Waals surface area contributed by atoms with Gasteiger partial charge >= 0.3 is 0 Å². The number of tetrazole rings is 1. The van der Waals surface area contributed by atoms with Crippen molar-refractivity contribution < 1.29 is 0 Å². The fraction of sp³-hybridized carbons (Fsp3) is 0. The minimum Gasteiger partial charge on any atom is -0.241 e. The van der Waals surface area contributed by atoms with Crippen LogP contribution in [0.1, 0.15) is 0 Å². The summed E-state index contributed by atoms with van der Waals surface area (Å²) in [6.07, 6.45) is 0. The predicted octanol–water partition coefficient (Wildman–Crippen LogP) is -0.637. The van der Waals surface area contributed by atoms with Gasteiger partial charge < -0.3 is 0 Å². The highest BCUT2D eigenvalue weighted by Crippen LogP contribution is 2.13. The number of H-pyrrole nitrogens is 1. The molecule has 1 aliphatic heterocycles. The van der Waals surface area contributed by atoms with Gasteiger partial charge in [0, 0.05) is 0 Å². The van der Waals surface area contributed by atoms with E-state index in [2.05, 4.69) is 43.1 Å². The van der Waals surface area contributed by atoms with Crippen LogP contribution in [0, 0.1) is 0 Å². The van der Waals surface area contributed by atoms with Crippen LogP contribution in [0.5, 0.6) is 0 Å². The van der Waals surface area contributed by atoms with E-state index in [-0.39, 0.29) is 0 Å². The van der Waals surface area contributed by atoms with Gasteiger partial charge in [-0.15, -0.1) is 0 Å². The first-order chi connectivity index (χ1) is 5.38. The number of rotatable bonds is 1. The molecule has 2 N–H and O–H groups in total. The average Bonchev–Trinajstić information content (AvgIpc) is 2.55. The van der Waals surface area contributed by atoms with Crippen LogP contribution in [0.25, 0.3) is 0 Å². The van der Waals surface area contributed by atoms with Crippen molar-refractivity contribution in [3.8, 4) is 0 Å². The summed E-state index contributed by atoms with van der Waals surface area (Å²) in [6, 6.07) is 0. The van der Waals surface area contributed by atoms with Crippen molar-refractivity contribution in [3.63, 3.8) is 0 Å². The lowest BCUT2D eigenvalue weighted by atomic mass is 10.7. The van der Waals surface area contributed by atoms with Crippen LogP contribution >= 0.6 is 0 Å². The van der Waals surface area contributed by atoms with Crippen molar-refractivity contribution in [1.29, 1.82) is 0 Å². The van der Waals surface area contributed by atoms with Gasteiger partial charge in [0.1, 0.15) is 5.82 Å². The molecule has 2 rings (SSSR count). The molecule has 0 radical (unpaired) electrons. The Morgan fingerprint density at radius 3 is 2.91 bits per heavy atom. The molecule has 1 aliphatic rings. The van der Waals surface area contributed by atoms with E-state index >= 15 is 0 Å². The summed E-state index contributed by atoms with van der Waals surface area (Å²) < 4.78 is 0. The zero-order valence-electron chi connectivity index (χ0n) is 5.39. The molecule has 0 atom stereocenters. The molecule has 11 heavy (non-hydrogen) atoms. The molecular formula is C3H4N8. The second-order valence-corrected chi connectivity index (χ2v) is 1.78. The number of nitrogens with zero attached hydrogens (tertiary/aromatic N) is 6. The lowest BCUT2D eigenvalue weighted by Gasteiger charge is -2.04. The molecule has 0 spiro atoms. The maximum absolute atomic E-state index is 3.63. The van der Waals surface area contributed by atoms with E-state index in [0.717, 1.165) is 0 Å². The first-order valence-electron chi connectivity index (χ1n) is 2.77. The summed E-state index contributed by atoms with van der Waals surface area (Å²) >= 11 is 0. The number of aromatic nitrogens is 4. The number of aromatic amines is 1. The van der Waals surface area contributed by atoms with E-state index in [1.54, 1.807) is 0 Å². The van der Waals surface area contributed by atoms with Gasteiger partial charge in [-0.3, -0.25) is 0 Å². The van der Waals surface area contributed by atoms with Gasteiger partial charge in [-0.25, -0.2) is 10.5 Å². The first kappa shape index (κ1) is 5.77. The Bertz CT molecular complexity index is 284. The van der Waals surface area contributed by atoms with Gasteiger partial charge in [-0.2, -0.15) is 5.01 Å². The Morgan fingerprint density at radius 2 is 2.36 bits per heavy atom. The standard InChI is InChI=1S/C3H4N8/c1-2-4-9-10-11(2)3-5-7-8-6-3/h1H2,(H,4,10)(H,5,6,7,8). The highest BCUT2D eigenvalue weighted by molar-refractivity contribution is 5.34. The van der Waals surface area contributed by atoms with Gasteiger partial charge in [0.05, 0.1) is 0 Å². The SMILES string of the molecule is C=C1NN=NN1c1nnn[nH]1. The van der Waals surface area contributed by atoms with E-state index in [4.69, 9.17) is 0 Å². The molecule has 1 aromatic rings. The number of hydrogen-bond donors (Lipinski definition) is 2. The van der Waals surface area contributed by atoms with Crippen molar-refractivity contribution in [2.75, 3.05) is 5.01 Å². The molecular weight excluding hydrogens is 148 g/mol. The highest BCUT2D eigenvalue weighted by atomic mass is 15.8. The van der Waals surface area contributed by atoms with Crippen LogP contribution in [0.4, 0.5) is 5.95 Å². The summed E-state index contributed by atoms with van der Waals surface area (Å²) in [7, 11) is 0. The topological polar surface area (TPSA) is 94.5 Å². The predicted molar refractivity (Wildman–Crippen MR) is 33.8 cm³/mol. The minimum atomic E-state index is 0.378. The molecule has 0 saturated carbocycles. The minimum absolute atomic E-state index is 0.378. The Balaban J connectivity index is 2.30. The monoisotopic (exact) mass is 152 g/mol. The molecule has 0 fully saturated rings. The summed E-state index contributed by atoms with van der Waals surface area (Å²) in [5, 5.41) is 21.3. The second kappa shape index (κ2) is 2.01. The fourth-order valence-electron chi connectivity index (χ4n) is 0.640. The van der Waals surface area contributed by atoms with Crippen molar-refractivity contribution in [1.82, 2.24) is 26.0 Å². The molecule has 2 heterocycles. The van der Waals surface area contributed by atoms with E-state index in [1.807, 2.05) is 0 Å². The van der Waals surface area contributed by atoms with Crippen molar-refractivity contribution in [2.45, 2.75) is 0 Å². The van der Waals surface area contributed by atoms with E-state index in [1.165, 1.54) is 5.01 Å². The smallest absolute Gasteiger partial charge is 0.241 e. The first-order valence-corrected chi connectivity index (χ1v) is 2.77. The zero-order chi connectivity index (χ0) is 7.68. The van der Waals surface area contributed by atoms with Gasteiger partial charge in [-0.05, 0) is 20.9 Å². The number of hydrogen-bond acceptors (Lipinski definition) is 7. The summed E-state index contributed by atoms with van der Waals surface area (Å²) in [6.45, 7) is 3.60. The molecule has 0 amide bonds. The third kappa shape index (κ3) is 0.801. The Labute approximate surface area is 60.9 Å². The zero-order valence-corrected chi connectivity index (χ0v) is 5.39. The van der Waals surface area contributed by atoms with Gasteiger partial charge in [-0.1, -0.05) is 11.7 Å². The summed E-state index contributed by atoms with van der Waals surface area (Å²) in [5.74, 6) is 0.882. The Hall–Kier alpha value is -1.99. The molecule has 8 heteroatoms. The van der Waals surface area contributed by atoms with Crippen LogP contribution in [-0.2, 0) is 0 Å². The van der Waals surface area contributed by atoms with E-state index in [0.29, 0.717) is 11.8 Å². The maximum atomic E-state index is 3.63. The number of nitrogens with one attached hydrogen (secondary N) is 2. The third-order valence-electron chi connectivity index (χ3n) is 1.10. The van der Waals surface area contributed by atoms with Gasteiger partial charge in [0.25, 0.3) is 5.95 Å². The molecule has 8 nitrogen and oxygen atoms in total. The largest absolute Gasteiger partial charge is 0.271 e. The molecule has 0 aromatic carbocycles. The number of anilines is 1. The highest BCUT2D eigenvalue weighted by Gasteiger charge is 2.17. The molecule has 1 aromatic heterocycles. The molecule has 0 aliphatic carbocycles. The van der Waals surface area contributed by atoms with Crippen molar-refractivity contribution >= 4 is 5.95 Å². The normalized spacial score (nSPS) is 15.6. The maximum Gasteiger partial charge on any atom is 0.271 e. The van der Waals surface area contributed by atoms with Crippen LogP contribution in [0.3, 0.4) is 0 Å². The van der Waals surface area contributed by atoms with Gasteiger partial charge in [0.2, 0.25) is 0 Å². The Morgan fingerprint density at radius 1 is 1.45 bits per heavy atom. The van der Waals surface area contributed by atoms with E-state index in [9.17, 15) is 0 Å². The Kier molecular flexibility index (Phi) is 1.05. The lowest BCUT2D eigenvalue weighted by molar-refractivity contribution is 0.881. The van der Waals surface area contributed by atoms with Crippen LogP contribution in [0.2, 0.25) is 0 Å². The average molecular weight is 152 g/mol. The van der Waals surface area contributed by atoms with Crippen LogP contribution in [0.15, 0.2) is 22.8 Å². The van der Waals surface area contributed by atoms with Crippen LogP contribution in [-0.4, -0.2) is 20.6 Å². The van der Waals surface area contributed by atoms with E-state index < -0.39 is 0 Å². The van der Waals surface area contributed by atoms with Gasteiger partial charge in [0.15, 0.2) is 0 Å². The summed E-state index contributed by atoms with van der Waals surface area (Å²) in [5.41, 5.74) is 2.53. The lowest BCUT2D eigenvalue weighted by Crippen LogP contribution is -2.16. The molecule has 0 bridgehead atoms. The van der Waals surface area contributed by atoms with Crippen LogP contribution < -0.4 is 10.4 Å². The molecule has 0 saturated heterocycles. The quantitative estimate of drug-likeness (QED) is 0.558. The molecule has 0 unspecified atom stereocenters. The molecule has 56 valence electrons. The van der Waals surface area contributed by atoms with Crippen molar-refractivity contribution in [2.24, 2.45) is 10.4 Å². The second-order valence-electron chi connectivity index (χ2n) is 1.78. The fourth-order valence-corrected chi connectivity index (χ4v) is 0.640. The third-order valence-corrected chi connectivity index (χ3v) is 1.10. The van der Waals surface area contributed by atoms with Crippen molar-refractivity contribution in [3.05, 3.63) is 12.4 Å². The summed E-state index contributed by atoms with van der Waals surface area (Å²) in [4.78, 5) is 0.